The normalized spacial score (nSPS) is 10.3. The Morgan fingerprint density at radius 1 is 1.37 bits per heavy atom. The maximum Gasteiger partial charge on any atom is 0.254 e. The second-order valence-electron chi connectivity index (χ2n) is 4.12. The summed E-state index contributed by atoms with van der Waals surface area (Å²) in [4.78, 5) is 13.6. The average Bonchev–Trinajstić information content (AvgIpc) is 2.41. The van der Waals surface area contributed by atoms with Gasteiger partial charge in [-0.15, -0.1) is 0 Å². The van der Waals surface area contributed by atoms with Crippen molar-refractivity contribution < 1.29 is 9.18 Å². The zero-order chi connectivity index (χ0) is 14.0. The van der Waals surface area contributed by atoms with Crippen LogP contribution < -0.4 is 0 Å². The van der Waals surface area contributed by atoms with Gasteiger partial charge in [0.25, 0.3) is 5.91 Å². The zero-order valence-corrected chi connectivity index (χ0v) is 12.0. The number of aromatic nitrogens is 2. The van der Waals surface area contributed by atoms with Crippen molar-refractivity contribution in [3.63, 3.8) is 0 Å². The molecule has 0 N–H and O–H groups in total. The van der Waals surface area contributed by atoms with Gasteiger partial charge in [-0.05, 0) is 40.2 Å². The van der Waals surface area contributed by atoms with Crippen LogP contribution in [0.4, 0.5) is 4.39 Å². The fourth-order valence-corrected chi connectivity index (χ4v) is 1.97. The van der Waals surface area contributed by atoms with E-state index in [0.717, 1.165) is 0 Å². The van der Waals surface area contributed by atoms with Gasteiger partial charge in [-0.1, -0.05) is 0 Å². The minimum atomic E-state index is -0.448. The largest absolute Gasteiger partial charge is 0.345 e. The van der Waals surface area contributed by atoms with E-state index in [9.17, 15) is 9.18 Å². The Morgan fingerprint density at radius 3 is 2.68 bits per heavy atom. The first-order valence-electron chi connectivity index (χ1n) is 5.49. The van der Waals surface area contributed by atoms with Gasteiger partial charge in [0.1, 0.15) is 5.82 Å². The number of carbonyl (C=O) groups is 1. The molecule has 1 amide bonds. The first-order chi connectivity index (χ1) is 9.00. The maximum atomic E-state index is 13.7. The SMILES string of the molecule is CN(C)C(=O)c1cc(Br)c(F)cc1-c1cccnn1. The Kier molecular flexibility index (Phi) is 3.90. The number of amides is 1. The van der Waals surface area contributed by atoms with Crippen LogP contribution in [-0.4, -0.2) is 35.1 Å². The Labute approximate surface area is 118 Å². The number of carbonyl (C=O) groups excluding carboxylic acids is 1. The molecule has 0 bridgehead atoms. The topological polar surface area (TPSA) is 46.1 Å². The van der Waals surface area contributed by atoms with Gasteiger partial charge >= 0.3 is 0 Å². The summed E-state index contributed by atoms with van der Waals surface area (Å²) in [5.74, 6) is -0.669. The van der Waals surface area contributed by atoms with Crippen LogP contribution >= 0.6 is 15.9 Å². The molecule has 0 atom stereocenters. The van der Waals surface area contributed by atoms with Crippen molar-refractivity contribution in [1.82, 2.24) is 15.1 Å². The van der Waals surface area contributed by atoms with Crippen molar-refractivity contribution in [2.75, 3.05) is 14.1 Å². The standard InChI is InChI=1S/C13H11BrFN3O/c1-18(2)13(19)9-6-10(14)11(15)7-8(9)12-4-3-5-16-17-12/h3-7H,1-2H3. The summed E-state index contributed by atoms with van der Waals surface area (Å²) < 4.78 is 13.9. The summed E-state index contributed by atoms with van der Waals surface area (Å²) in [7, 11) is 3.28. The number of benzene rings is 1. The molecule has 98 valence electrons. The molecule has 2 aromatic rings. The average molecular weight is 324 g/mol. The lowest BCUT2D eigenvalue weighted by molar-refractivity contribution is 0.0828. The summed E-state index contributed by atoms with van der Waals surface area (Å²) in [5, 5.41) is 7.67. The molecule has 2 rings (SSSR count). The van der Waals surface area contributed by atoms with E-state index in [1.807, 2.05) is 0 Å². The summed E-state index contributed by atoms with van der Waals surface area (Å²) in [5.41, 5.74) is 1.25. The summed E-state index contributed by atoms with van der Waals surface area (Å²) in [6.07, 6.45) is 1.52. The van der Waals surface area contributed by atoms with Crippen LogP contribution in [0.3, 0.4) is 0 Å². The fraction of sp³-hybridized carbons (Fsp3) is 0.154. The fourth-order valence-electron chi connectivity index (χ4n) is 1.62. The second-order valence-corrected chi connectivity index (χ2v) is 4.97. The van der Waals surface area contributed by atoms with E-state index in [2.05, 4.69) is 26.1 Å². The van der Waals surface area contributed by atoms with Crippen molar-refractivity contribution in [2.24, 2.45) is 0 Å². The van der Waals surface area contributed by atoms with Gasteiger partial charge in [0.05, 0.1) is 15.7 Å². The quantitative estimate of drug-likeness (QED) is 0.853. The van der Waals surface area contributed by atoms with E-state index in [1.165, 1.54) is 23.2 Å². The van der Waals surface area contributed by atoms with Crippen LogP contribution in [-0.2, 0) is 0 Å². The minimum absolute atomic E-state index is 0.221. The third-order valence-electron chi connectivity index (χ3n) is 2.55. The third kappa shape index (κ3) is 2.78. The van der Waals surface area contributed by atoms with Gasteiger partial charge in [0.15, 0.2) is 0 Å². The zero-order valence-electron chi connectivity index (χ0n) is 10.4. The van der Waals surface area contributed by atoms with E-state index < -0.39 is 5.82 Å². The minimum Gasteiger partial charge on any atom is -0.345 e. The Bertz CT molecular complexity index is 617. The van der Waals surface area contributed by atoms with E-state index >= 15 is 0 Å². The van der Waals surface area contributed by atoms with E-state index in [4.69, 9.17) is 0 Å². The van der Waals surface area contributed by atoms with Crippen molar-refractivity contribution in [3.8, 4) is 11.3 Å². The number of hydrogen-bond acceptors (Lipinski definition) is 3. The molecule has 4 nitrogen and oxygen atoms in total. The van der Waals surface area contributed by atoms with Crippen LogP contribution in [0.2, 0.25) is 0 Å². The lowest BCUT2D eigenvalue weighted by Crippen LogP contribution is -2.22. The van der Waals surface area contributed by atoms with Crippen LogP contribution in [0, 0.1) is 5.82 Å². The predicted octanol–water partition coefficient (Wildman–Crippen LogP) is 2.75. The molecule has 1 heterocycles. The van der Waals surface area contributed by atoms with Crippen LogP contribution in [0.25, 0.3) is 11.3 Å². The molecule has 1 aromatic carbocycles. The smallest absolute Gasteiger partial charge is 0.254 e. The van der Waals surface area contributed by atoms with Crippen molar-refractivity contribution in [1.29, 1.82) is 0 Å². The van der Waals surface area contributed by atoms with Gasteiger partial charge < -0.3 is 4.90 Å². The Balaban J connectivity index is 2.65. The third-order valence-corrected chi connectivity index (χ3v) is 3.15. The molecule has 0 saturated carbocycles. The highest BCUT2D eigenvalue weighted by Gasteiger charge is 2.18. The molecule has 0 fully saturated rings. The van der Waals surface area contributed by atoms with Gasteiger partial charge in [0.2, 0.25) is 0 Å². The molecule has 19 heavy (non-hydrogen) atoms. The highest BCUT2D eigenvalue weighted by molar-refractivity contribution is 9.10. The van der Waals surface area contributed by atoms with Crippen LogP contribution in [0.5, 0.6) is 0 Å². The van der Waals surface area contributed by atoms with Gasteiger partial charge in [-0.25, -0.2) is 4.39 Å². The summed E-state index contributed by atoms with van der Waals surface area (Å²) >= 11 is 3.09. The maximum absolute atomic E-state index is 13.7. The van der Waals surface area contributed by atoms with Crippen LogP contribution in [0.15, 0.2) is 34.9 Å². The molecule has 6 heteroatoms. The predicted molar refractivity (Wildman–Crippen MR) is 73.1 cm³/mol. The Hall–Kier alpha value is -1.82. The second kappa shape index (κ2) is 5.44. The molecule has 0 spiro atoms. The lowest BCUT2D eigenvalue weighted by Gasteiger charge is -2.14. The molecule has 0 aliphatic rings. The van der Waals surface area contributed by atoms with Gasteiger partial charge in [-0.2, -0.15) is 10.2 Å². The lowest BCUT2D eigenvalue weighted by atomic mass is 10.0. The van der Waals surface area contributed by atoms with Crippen molar-refractivity contribution >= 4 is 21.8 Å². The van der Waals surface area contributed by atoms with E-state index in [1.54, 1.807) is 26.2 Å². The highest BCUT2D eigenvalue weighted by Crippen LogP contribution is 2.28. The molecular weight excluding hydrogens is 313 g/mol. The van der Waals surface area contributed by atoms with E-state index in [-0.39, 0.29) is 10.4 Å². The highest BCUT2D eigenvalue weighted by atomic mass is 79.9. The van der Waals surface area contributed by atoms with Crippen molar-refractivity contribution in [2.45, 2.75) is 0 Å². The number of rotatable bonds is 2. The number of nitrogens with zero attached hydrogens (tertiary/aromatic N) is 3. The van der Waals surface area contributed by atoms with E-state index in [0.29, 0.717) is 16.8 Å². The van der Waals surface area contributed by atoms with Gasteiger partial charge in [-0.3, -0.25) is 4.79 Å². The first kappa shape index (κ1) is 13.6. The molecule has 0 aliphatic carbocycles. The van der Waals surface area contributed by atoms with Crippen molar-refractivity contribution in [3.05, 3.63) is 46.3 Å². The summed E-state index contributed by atoms with van der Waals surface area (Å²) in [6.45, 7) is 0. The monoisotopic (exact) mass is 323 g/mol. The molecule has 0 radical (unpaired) electrons. The first-order valence-corrected chi connectivity index (χ1v) is 6.28. The Morgan fingerprint density at radius 2 is 2.11 bits per heavy atom. The molecule has 0 saturated heterocycles. The molecule has 1 aromatic heterocycles. The molecule has 0 unspecified atom stereocenters. The van der Waals surface area contributed by atoms with Gasteiger partial charge in [0, 0.05) is 25.9 Å². The van der Waals surface area contributed by atoms with Crippen LogP contribution in [0.1, 0.15) is 10.4 Å². The number of halogens is 2. The molecule has 0 aliphatic heterocycles. The summed E-state index contributed by atoms with van der Waals surface area (Å²) in [6, 6.07) is 6.11. The molecular formula is C13H11BrFN3O. The number of hydrogen-bond donors (Lipinski definition) is 0.